The first-order chi connectivity index (χ1) is 10.0. The fourth-order valence-electron chi connectivity index (χ4n) is 1.88. The van der Waals surface area contributed by atoms with Crippen LogP contribution in [0, 0.1) is 11.6 Å². The number of nitrogen functional groups attached to an aromatic ring is 1. The molecule has 3 N–H and O–H groups in total. The molecule has 0 aliphatic rings. The molecule has 0 unspecified atom stereocenters. The highest BCUT2D eigenvalue weighted by molar-refractivity contribution is 5.99. The van der Waals surface area contributed by atoms with E-state index in [1.54, 1.807) is 24.3 Å². The molecule has 0 saturated carbocycles. The van der Waals surface area contributed by atoms with Gasteiger partial charge in [-0.25, -0.2) is 8.78 Å². The van der Waals surface area contributed by atoms with E-state index in [0.29, 0.717) is 5.75 Å². The van der Waals surface area contributed by atoms with Gasteiger partial charge < -0.3 is 15.8 Å². The van der Waals surface area contributed by atoms with Crippen LogP contribution in [0.2, 0.25) is 0 Å². The van der Waals surface area contributed by atoms with E-state index in [9.17, 15) is 13.6 Å². The van der Waals surface area contributed by atoms with Crippen molar-refractivity contribution in [3.63, 3.8) is 0 Å². The van der Waals surface area contributed by atoms with Gasteiger partial charge in [-0.1, -0.05) is 18.2 Å². The van der Waals surface area contributed by atoms with Crippen LogP contribution >= 0.6 is 0 Å². The van der Waals surface area contributed by atoms with Gasteiger partial charge in [0.15, 0.2) is 11.6 Å². The average molecular weight is 292 g/mol. The molecule has 2 aromatic rings. The van der Waals surface area contributed by atoms with E-state index in [-0.39, 0.29) is 17.8 Å². The summed E-state index contributed by atoms with van der Waals surface area (Å²) in [6.07, 6.45) is 0. The zero-order valence-corrected chi connectivity index (χ0v) is 11.3. The molecule has 2 rings (SSSR count). The monoisotopic (exact) mass is 292 g/mol. The van der Waals surface area contributed by atoms with Crippen LogP contribution in [0.4, 0.5) is 14.5 Å². The average Bonchev–Trinajstić information content (AvgIpc) is 2.48. The van der Waals surface area contributed by atoms with Crippen LogP contribution in [-0.4, -0.2) is 13.0 Å². The maximum Gasteiger partial charge on any atom is 0.253 e. The Morgan fingerprint density at radius 3 is 2.62 bits per heavy atom. The Labute approximate surface area is 120 Å². The quantitative estimate of drug-likeness (QED) is 0.851. The molecule has 6 heteroatoms. The summed E-state index contributed by atoms with van der Waals surface area (Å²) in [7, 11) is 1.52. The van der Waals surface area contributed by atoms with Gasteiger partial charge >= 0.3 is 0 Å². The molecular formula is C15H14F2N2O2. The summed E-state index contributed by atoms with van der Waals surface area (Å²) < 4.78 is 31.3. The first kappa shape index (κ1) is 14.8. The third-order valence-corrected chi connectivity index (χ3v) is 2.97. The normalized spacial score (nSPS) is 10.2. The van der Waals surface area contributed by atoms with Gasteiger partial charge in [-0.2, -0.15) is 0 Å². The van der Waals surface area contributed by atoms with Crippen LogP contribution in [0.25, 0.3) is 0 Å². The van der Waals surface area contributed by atoms with E-state index >= 15 is 0 Å². The first-order valence-electron chi connectivity index (χ1n) is 6.17. The predicted octanol–water partition coefficient (Wildman–Crippen LogP) is 2.49. The van der Waals surface area contributed by atoms with Crippen molar-refractivity contribution in [2.24, 2.45) is 0 Å². The maximum atomic E-state index is 13.2. The molecule has 0 bridgehead atoms. The summed E-state index contributed by atoms with van der Waals surface area (Å²) in [5, 5.41) is 2.59. The fraction of sp³-hybridized carbons (Fsp3) is 0.133. The van der Waals surface area contributed by atoms with Crippen molar-refractivity contribution in [1.82, 2.24) is 5.32 Å². The Bertz CT molecular complexity index is 675. The number of carbonyl (C=O) groups excluding carboxylic acids is 1. The molecule has 0 fully saturated rings. The second kappa shape index (κ2) is 6.21. The summed E-state index contributed by atoms with van der Waals surface area (Å²) in [6, 6.07) is 8.71. The third-order valence-electron chi connectivity index (χ3n) is 2.97. The Balaban J connectivity index is 2.14. The number of amides is 1. The lowest BCUT2D eigenvalue weighted by atomic mass is 10.1. The number of methoxy groups -OCH3 is 1. The molecule has 0 radical (unpaired) electrons. The van der Waals surface area contributed by atoms with E-state index in [0.717, 1.165) is 17.7 Å². The summed E-state index contributed by atoms with van der Waals surface area (Å²) in [5.74, 6) is -2.17. The lowest BCUT2D eigenvalue weighted by Gasteiger charge is -2.11. The molecule has 0 saturated heterocycles. The standard InChI is InChI=1S/C15H14F2N2O2/c1-21-14-5-3-2-4-9(14)8-19-15(20)10-6-11(16)12(17)7-13(10)18/h2-7H,8,18H2,1H3,(H,19,20). The molecule has 2 aromatic carbocycles. The minimum atomic E-state index is -1.12. The highest BCUT2D eigenvalue weighted by Gasteiger charge is 2.14. The van der Waals surface area contributed by atoms with Crippen molar-refractivity contribution in [3.05, 3.63) is 59.2 Å². The second-order valence-electron chi connectivity index (χ2n) is 4.35. The molecule has 0 aliphatic carbocycles. The van der Waals surface area contributed by atoms with Crippen LogP contribution in [0.15, 0.2) is 36.4 Å². The van der Waals surface area contributed by atoms with Crippen molar-refractivity contribution in [1.29, 1.82) is 0 Å². The molecule has 0 atom stereocenters. The minimum Gasteiger partial charge on any atom is -0.496 e. The number of anilines is 1. The molecule has 0 aromatic heterocycles. The Hall–Kier alpha value is -2.63. The number of hydrogen-bond donors (Lipinski definition) is 2. The van der Waals surface area contributed by atoms with Gasteiger partial charge in [0.2, 0.25) is 0 Å². The number of para-hydroxylation sites is 1. The van der Waals surface area contributed by atoms with Crippen LogP contribution in [0.5, 0.6) is 5.75 Å². The highest BCUT2D eigenvalue weighted by atomic mass is 19.2. The number of benzene rings is 2. The van der Waals surface area contributed by atoms with Gasteiger partial charge in [-0.3, -0.25) is 4.79 Å². The predicted molar refractivity (Wildman–Crippen MR) is 74.9 cm³/mol. The number of rotatable bonds is 4. The molecule has 0 spiro atoms. The van der Waals surface area contributed by atoms with Crippen molar-refractivity contribution < 1.29 is 18.3 Å². The van der Waals surface area contributed by atoms with Crippen LogP contribution in [0.1, 0.15) is 15.9 Å². The Kier molecular flexibility index (Phi) is 4.37. The lowest BCUT2D eigenvalue weighted by Crippen LogP contribution is -2.24. The van der Waals surface area contributed by atoms with Crippen molar-refractivity contribution in [2.75, 3.05) is 12.8 Å². The lowest BCUT2D eigenvalue weighted by molar-refractivity contribution is 0.0951. The summed E-state index contributed by atoms with van der Waals surface area (Å²) in [6.45, 7) is 0.182. The molecule has 21 heavy (non-hydrogen) atoms. The topological polar surface area (TPSA) is 64.3 Å². The van der Waals surface area contributed by atoms with Crippen molar-refractivity contribution in [3.8, 4) is 5.75 Å². The Morgan fingerprint density at radius 2 is 1.90 bits per heavy atom. The molecule has 4 nitrogen and oxygen atoms in total. The van der Waals surface area contributed by atoms with Crippen LogP contribution in [0.3, 0.4) is 0 Å². The number of carbonyl (C=O) groups is 1. The van der Waals surface area contributed by atoms with Gasteiger partial charge in [0.05, 0.1) is 12.7 Å². The third kappa shape index (κ3) is 3.28. The van der Waals surface area contributed by atoms with Gasteiger partial charge in [-0.15, -0.1) is 0 Å². The summed E-state index contributed by atoms with van der Waals surface area (Å²) in [4.78, 5) is 12.0. The number of halogens is 2. The van der Waals surface area contributed by atoms with E-state index in [4.69, 9.17) is 10.5 Å². The Morgan fingerprint density at radius 1 is 1.24 bits per heavy atom. The fourth-order valence-corrected chi connectivity index (χ4v) is 1.88. The van der Waals surface area contributed by atoms with Crippen molar-refractivity contribution in [2.45, 2.75) is 6.54 Å². The molecule has 1 amide bonds. The smallest absolute Gasteiger partial charge is 0.253 e. The highest BCUT2D eigenvalue weighted by Crippen LogP contribution is 2.19. The SMILES string of the molecule is COc1ccccc1CNC(=O)c1cc(F)c(F)cc1N. The van der Waals surface area contributed by atoms with E-state index in [1.165, 1.54) is 7.11 Å². The summed E-state index contributed by atoms with van der Waals surface area (Å²) in [5.41, 5.74) is 6.06. The molecular weight excluding hydrogens is 278 g/mol. The van der Waals surface area contributed by atoms with Crippen LogP contribution < -0.4 is 15.8 Å². The van der Waals surface area contributed by atoms with Gasteiger partial charge in [-0.05, 0) is 12.1 Å². The zero-order chi connectivity index (χ0) is 15.4. The minimum absolute atomic E-state index is 0.108. The number of nitrogens with one attached hydrogen (secondary N) is 1. The maximum absolute atomic E-state index is 13.2. The largest absolute Gasteiger partial charge is 0.496 e. The molecule has 110 valence electrons. The first-order valence-corrected chi connectivity index (χ1v) is 6.17. The zero-order valence-electron chi connectivity index (χ0n) is 11.3. The van der Waals surface area contributed by atoms with E-state index in [2.05, 4.69) is 5.32 Å². The molecule has 0 aliphatic heterocycles. The van der Waals surface area contributed by atoms with E-state index < -0.39 is 17.5 Å². The number of nitrogens with two attached hydrogens (primary N) is 1. The number of hydrogen-bond acceptors (Lipinski definition) is 3. The summed E-state index contributed by atoms with van der Waals surface area (Å²) >= 11 is 0. The van der Waals surface area contributed by atoms with Crippen molar-refractivity contribution >= 4 is 11.6 Å². The second-order valence-corrected chi connectivity index (χ2v) is 4.35. The van der Waals surface area contributed by atoms with Gasteiger partial charge in [0.1, 0.15) is 5.75 Å². The van der Waals surface area contributed by atoms with E-state index in [1.807, 2.05) is 0 Å². The van der Waals surface area contributed by atoms with Crippen LogP contribution in [-0.2, 0) is 6.54 Å². The molecule has 0 heterocycles. The van der Waals surface area contributed by atoms with Gasteiger partial charge in [0.25, 0.3) is 5.91 Å². The van der Waals surface area contributed by atoms with Gasteiger partial charge in [0, 0.05) is 23.9 Å². The number of ether oxygens (including phenoxy) is 1.